The molecule has 0 bridgehead atoms. The lowest BCUT2D eigenvalue weighted by Crippen LogP contribution is -2.43. The number of hydrogen-bond donors (Lipinski definition) is 1. The van der Waals surface area contributed by atoms with Crippen molar-refractivity contribution in [1.29, 1.82) is 5.26 Å². The van der Waals surface area contributed by atoms with E-state index in [4.69, 9.17) is 16.3 Å². The third kappa shape index (κ3) is 7.31. The largest absolute Gasteiger partial charge is 0.462 e. The molecule has 4 rings (SSSR count). The zero-order valence-electron chi connectivity index (χ0n) is 22.4. The molecule has 41 heavy (non-hydrogen) atoms. The van der Waals surface area contributed by atoms with Gasteiger partial charge in [-0.1, -0.05) is 17.7 Å². The Kier molecular flexibility index (Phi) is 9.45. The predicted octanol–water partition coefficient (Wildman–Crippen LogP) is 2.91. The smallest absolute Gasteiger partial charge is 0.340 e. The number of pyridine rings is 1. The van der Waals surface area contributed by atoms with E-state index in [9.17, 15) is 32.5 Å². The second-order valence-electron chi connectivity index (χ2n) is 9.83. The van der Waals surface area contributed by atoms with Crippen LogP contribution in [0, 0.1) is 23.1 Å². The van der Waals surface area contributed by atoms with Gasteiger partial charge < -0.3 is 14.5 Å². The fraction of sp³-hybridized carbons (Fsp3) is 0.444. The van der Waals surface area contributed by atoms with Crippen LogP contribution in [0.3, 0.4) is 0 Å². The highest BCUT2D eigenvalue weighted by Crippen LogP contribution is 2.28. The van der Waals surface area contributed by atoms with Crippen LogP contribution >= 0.6 is 11.6 Å². The van der Waals surface area contributed by atoms with Crippen molar-refractivity contribution in [2.45, 2.75) is 44.9 Å². The number of rotatable bonds is 9. The molecule has 2 amide bonds. The Balaban J connectivity index is 1.47. The number of nitrogens with one attached hydrogen (secondary N) is 1. The van der Waals surface area contributed by atoms with Crippen LogP contribution < -0.4 is 9.62 Å². The first-order chi connectivity index (χ1) is 19.5. The lowest BCUT2D eigenvalue weighted by molar-refractivity contribution is -0.128. The predicted molar refractivity (Wildman–Crippen MR) is 147 cm³/mol. The van der Waals surface area contributed by atoms with Crippen LogP contribution in [0.15, 0.2) is 24.3 Å². The fourth-order valence-electron chi connectivity index (χ4n) is 4.89. The average Bonchev–Trinajstić information content (AvgIpc) is 3.34. The number of halogens is 2. The summed E-state index contributed by atoms with van der Waals surface area (Å²) >= 11 is 5.93. The second-order valence-corrected chi connectivity index (χ2v) is 12.0. The second kappa shape index (κ2) is 12.8. The van der Waals surface area contributed by atoms with E-state index in [-0.39, 0.29) is 53.6 Å². The van der Waals surface area contributed by atoms with E-state index in [2.05, 4.69) is 15.8 Å². The van der Waals surface area contributed by atoms with E-state index in [0.717, 1.165) is 12.1 Å². The molecule has 1 aromatic heterocycles. The zero-order chi connectivity index (χ0) is 29.7. The van der Waals surface area contributed by atoms with Crippen molar-refractivity contribution in [1.82, 2.24) is 14.6 Å². The van der Waals surface area contributed by atoms with Gasteiger partial charge in [0, 0.05) is 37.0 Å². The number of carbonyl (C=O) groups is 3. The van der Waals surface area contributed by atoms with Gasteiger partial charge in [-0.15, -0.1) is 0 Å². The Morgan fingerprint density at radius 3 is 2.59 bits per heavy atom. The third-order valence-corrected chi connectivity index (χ3v) is 8.55. The molecule has 218 valence electrons. The first-order valence-electron chi connectivity index (χ1n) is 13.1. The van der Waals surface area contributed by atoms with Gasteiger partial charge in [-0.05, 0) is 49.9 Å². The van der Waals surface area contributed by atoms with E-state index in [1.54, 1.807) is 16.7 Å². The maximum Gasteiger partial charge on any atom is 0.340 e. The van der Waals surface area contributed by atoms with E-state index in [0.29, 0.717) is 44.0 Å². The highest BCUT2D eigenvalue weighted by molar-refractivity contribution is 7.89. The average molecular weight is 606 g/mol. The lowest BCUT2D eigenvalue weighted by atomic mass is 9.96. The standard InChI is InChI=1S/C27H29ClFN5O6S/c1-2-40-27(37)21-12-19(14-30)25(31-23(21)15-34-9-3-4-24(34)35)33-10-7-17(8-11-33)26(36)32-41(38,39)16-18-5-6-20(29)13-22(18)28/h5-6,12-13,17H,2-4,7-11,15-16H2,1H3,(H,32,36). The molecule has 2 saturated heterocycles. The molecule has 0 spiro atoms. The number of benzene rings is 1. The summed E-state index contributed by atoms with van der Waals surface area (Å²) in [4.78, 5) is 45.8. The number of nitrogens with zero attached hydrogens (tertiary/aromatic N) is 4. The number of anilines is 1. The molecule has 0 atom stereocenters. The number of aromatic nitrogens is 1. The van der Waals surface area contributed by atoms with Crippen molar-refractivity contribution in [3.63, 3.8) is 0 Å². The molecular weight excluding hydrogens is 577 g/mol. The Morgan fingerprint density at radius 1 is 1.24 bits per heavy atom. The van der Waals surface area contributed by atoms with Gasteiger partial charge in [0.25, 0.3) is 0 Å². The van der Waals surface area contributed by atoms with Crippen molar-refractivity contribution < 1.29 is 31.9 Å². The normalized spacial score (nSPS) is 16.0. The summed E-state index contributed by atoms with van der Waals surface area (Å²) < 4.78 is 45.7. The number of amides is 2. The number of sulfonamides is 1. The fourth-order valence-corrected chi connectivity index (χ4v) is 6.41. The van der Waals surface area contributed by atoms with Gasteiger partial charge >= 0.3 is 5.97 Å². The van der Waals surface area contributed by atoms with Crippen molar-refractivity contribution in [3.05, 3.63) is 57.5 Å². The molecule has 0 unspecified atom stereocenters. The summed E-state index contributed by atoms with van der Waals surface area (Å²) in [5.74, 6) is -2.83. The first kappa shape index (κ1) is 30.2. The van der Waals surface area contributed by atoms with Crippen molar-refractivity contribution in [3.8, 4) is 6.07 Å². The summed E-state index contributed by atoms with van der Waals surface area (Å²) in [6.07, 6.45) is 1.69. The van der Waals surface area contributed by atoms with Crippen molar-refractivity contribution >= 4 is 45.2 Å². The third-order valence-electron chi connectivity index (χ3n) is 6.99. The van der Waals surface area contributed by atoms with Crippen LogP contribution in [0.25, 0.3) is 0 Å². The van der Waals surface area contributed by atoms with Crippen LogP contribution in [0.4, 0.5) is 10.2 Å². The highest BCUT2D eigenvalue weighted by Gasteiger charge is 2.31. The van der Waals surface area contributed by atoms with E-state index < -0.39 is 39.4 Å². The number of hydrogen-bond acceptors (Lipinski definition) is 9. The number of nitriles is 1. The van der Waals surface area contributed by atoms with Crippen LogP contribution in [-0.4, -0.2) is 62.3 Å². The Morgan fingerprint density at radius 2 is 1.98 bits per heavy atom. The minimum absolute atomic E-state index is 0.0454. The molecule has 2 fully saturated rings. The van der Waals surface area contributed by atoms with Gasteiger partial charge in [-0.3, -0.25) is 14.3 Å². The number of esters is 1. The molecule has 11 nitrogen and oxygen atoms in total. The molecule has 0 saturated carbocycles. The van der Waals surface area contributed by atoms with Gasteiger partial charge in [0.05, 0.1) is 35.7 Å². The summed E-state index contributed by atoms with van der Waals surface area (Å²) in [5, 5.41) is 9.78. The monoisotopic (exact) mass is 605 g/mol. The molecule has 0 radical (unpaired) electrons. The van der Waals surface area contributed by atoms with Crippen LogP contribution in [0.1, 0.15) is 59.8 Å². The molecule has 1 aromatic carbocycles. The van der Waals surface area contributed by atoms with Crippen molar-refractivity contribution in [2.24, 2.45) is 5.92 Å². The van der Waals surface area contributed by atoms with Gasteiger partial charge in [-0.2, -0.15) is 5.26 Å². The van der Waals surface area contributed by atoms with Gasteiger partial charge in [0.15, 0.2) is 0 Å². The molecule has 0 aliphatic carbocycles. The minimum Gasteiger partial charge on any atom is -0.462 e. The molecule has 2 aliphatic heterocycles. The Hall–Kier alpha value is -3.76. The molecular formula is C27H29ClFN5O6S. The topological polar surface area (TPSA) is 150 Å². The number of carbonyl (C=O) groups excluding carboxylic acids is 3. The van der Waals surface area contributed by atoms with E-state index in [1.165, 1.54) is 12.1 Å². The van der Waals surface area contributed by atoms with Crippen LogP contribution in [-0.2, 0) is 36.6 Å². The van der Waals surface area contributed by atoms with E-state index in [1.807, 2.05) is 0 Å². The summed E-state index contributed by atoms with van der Waals surface area (Å²) in [5.41, 5.74) is 0.743. The molecule has 2 aromatic rings. The molecule has 14 heteroatoms. The molecule has 3 heterocycles. The van der Waals surface area contributed by atoms with Crippen LogP contribution in [0.5, 0.6) is 0 Å². The van der Waals surface area contributed by atoms with E-state index >= 15 is 0 Å². The van der Waals surface area contributed by atoms with Crippen molar-refractivity contribution in [2.75, 3.05) is 31.1 Å². The number of likely N-dealkylation sites (tertiary alicyclic amines) is 1. The molecule has 2 aliphatic rings. The quantitative estimate of drug-likeness (QED) is 0.426. The molecule has 1 N–H and O–H groups in total. The minimum atomic E-state index is -4.09. The van der Waals surface area contributed by atoms with Gasteiger partial charge in [0.1, 0.15) is 17.7 Å². The number of ether oxygens (including phenoxy) is 1. The highest BCUT2D eigenvalue weighted by atomic mass is 35.5. The van der Waals surface area contributed by atoms with Crippen LogP contribution in [0.2, 0.25) is 5.02 Å². The lowest BCUT2D eigenvalue weighted by Gasteiger charge is -2.33. The van der Waals surface area contributed by atoms with Gasteiger partial charge in [0.2, 0.25) is 21.8 Å². The van der Waals surface area contributed by atoms with Gasteiger partial charge in [-0.25, -0.2) is 22.6 Å². The first-order valence-corrected chi connectivity index (χ1v) is 15.2. The summed E-state index contributed by atoms with van der Waals surface area (Å²) in [6, 6.07) is 6.83. The number of piperidine rings is 1. The Labute approximate surface area is 242 Å². The summed E-state index contributed by atoms with van der Waals surface area (Å²) in [6.45, 7) is 3.02. The summed E-state index contributed by atoms with van der Waals surface area (Å²) in [7, 11) is -4.09. The SMILES string of the molecule is CCOC(=O)c1cc(C#N)c(N2CCC(C(=O)NS(=O)(=O)Cc3ccc(F)cc3Cl)CC2)nc1CN1CCCC1=O. The maximum atomic E-state index is 13.3. The maximum absolute atomic E-state index is 13.3. The zero-order valence-corrected chi connectivity index (χ0v) is 23.9. The Bertz CT molecular complexity index is 1500.